The van der Waals surface area contributed by atoms with Gasteiger partial charge in [-0.25, -0.2) is 4.79 Å². The highest BCUT2D eigenvalue weighted by Gasteiger charge is 2.39. The molecule has 2 N–H and O–H groups in total. The van der Waals surface area contributed by atoms with Crippen molar-refractivity contribution in [2.24, 2.45) is 0 Å². The van der Waals surface area contributed by atoms with Gasteiger partial charge in [0, 0.05) is 12.1 Å². The minimum atomic E-state index is -0.455. The van der Waals surface area contributed by atoms with Gasteiger partial charge in [-0.2, -0.15) is 0 Å². The van der Waals surface area contributed by atoms with Crippen molar-refractivity contribution in [2.45, 2.75) is 64.5 Å². The number of carbonyl (C=O) groups excluding carboxylic acids is 2. The van der Waals surface area contributed by atoms with E-state index in [0.29, 0.717) is 17.7 Å². The molecule has 0 heterocycles. The van der Waals surface area contributed by atoms with Crippen LogP contribution in [-0.4, -0.2) is 23.6 Å². The summed E-state index contributed by atoms with van der Waals surface area (Å²) in [6, 6.07) is 10.5. The van der Waals surface area contributed by atoms with Gasteiger partial charge in [-0.1, -0.05) is 52.5 Å². The molecule has 2 aromatic carbocycles. The lowest BCUT2D eigenvalue weighted by molar-refractivity contribution is 0.0549. The zero-order valence-corrected chi connectivity index (χ0v) is 19.5. The van der Waals surface area contributed by atoms with E-state index in [-0.39, 0.29) is 30.0 Å². The molecule has 0 aliphatic heterocycles. The summed E-state index contributed by atoms with van der Waals surface area (Å²) in [6.45, 7) is 12.9. The van der Waals surface area contributed by atoms with Crippen LogP contribution >= 0.6 is 0 Å². The van der Waals surface area contributed by atoms with Crippen molar-refractivity contribution >= 4 is 11.9 Å². The SMILES string of the molecule is C=CCOC(=O)c1ccc(C(=O)NCc2ccc3c(c2CO)C(C)(C)CCC3(C)C)cc1. The van der Waals surface area contributed by atoms with Crippen molar-refractivity contribution in [3.05, 3.63) is 82.4 Å². The Morgan fingerprint density at radius 1 is 1.03 bits per heavy atom. The first-order chi connectivity index (χ1) is 15.1. The van der Waals surface area contributed by atoms with Gasteiger partial charge in [-0.15, -0.1) is 0 Å². The number of amides is 1. The van der Waals surface area contributed by atoms with Crippen LogP contribution in [0.2, 0.25) is 0 Å². The molecule has 32 heavy (non-hydrogen) atoms. The van der Waals surface area contributed by atoms with Crippen molar-refractivity contribution in [3.63, 3.8) is 0 Å². The Hall–Kier alpha value is -2.92. The molecule has 0 spiro atoms. The van der Waals surface area contributed by atoms with Crippen LogP contribution in [0.25, 0.3) is 0 Å². The van der Waals surface area contributed by atoms with Crippen molar-refractivity contribution in [1.82, 2.24) is 5.32 Å². The largest absolute Gasteiger partial charge is 0.458 e. The molecule has 0 fully saturated rings. The zero-order chi connectivity index (χ0) is 23.5. The molecule has 0 saturated heterocycles. The highest BCUT2D eigenvalue weighted by Crippen LogP contribution is 2.47. The number of fused-ring (bicyclic) bond motifs is 1. The van der Waals surface area contributed by atoms with Gasteiger partial charge in [0.15, 0.2) is 0 Å². The third kappa shape index (κ3) is 4.78. The van der Waals surface area contributed by atoms with Gasteiger partial charge in [-0.05, 0) is 70.2 Å². The maximum atomic E-state index is 12.7. The van der Waals surface area contributed by atoms with Crippen LogP contribution in [0.4, 0.5) is 0 Å². The fourth-order valence-electron chi connectivity index (χ4n) is 4.51. The Kier molecular flexibility index (Phi) is 6.89. The van der Waals surface area contributed by atoms with Crippen molar-refractivity contribution in [1.29, 1.82) is 0 Å². The highest BCUT2D eigenvalue weighted by atomic mass is 16.5. The molecule has 2 aromatic rings. The quantitative estimate of drug-likeness (QED) is 0.484. The van der Waals surface area contributed by atoms with E-state index in [9.17, 15) is 14.7 Å². The van der Waals surface area contributed by atoms with E-state index < -0.39 is 5.97 Å². The lowest BCUT2D eigenvalue weighted by Crippen LogP contribution is -2.36. The second-order valence-corrected chi connectivity index (χ2v) is 9.70. The van der Waals surface area contributed by atoms with Gasteiger partial charge in [0.1, 0.15) is 6.61 Å². The summed E-state index contributed by atoms with van der Waals surface area (Å²) in [5.74, 6) is -0.693. The molecule has 0 aromatic heterocycles. The van der Waals surface area contributed by atoms with Crippen LogP contribution in [0.1, 0.15) is 83.5 Å². The first kappa shape index (κ1) is 23.7. The van der Waals surface area contributed by atoms with Gasteiger partial charge >= 0.3 is 5.97 Å². The molecule has 0 radical (unpaired) electrons. The van der Waals surface area contributed by atoms with Crippen molar-refractivity contribution < 1.29 is 19.4 Å². The first-order valence-corrected chi connectivity index (χ1v) is 11.0. The number of benzene rings is 2. The minimum absolute atomic E-state index is 0.0288. The van der Waals surface area contributed by atoms with E-state index in [2.05, 4.69) is 45.7 Å². The van der Waals surface area contributed by atoms with E-state index in [1.165, 1.54) is 17.2 Å². The van der Waals surface area contributed by atoms with Gasteiger partial charge in [-0.3, -0.25) is 4.79 Å². The third-order valence-corrected chi connectivity index (χ3v) is 6.50. The normalized spacial score (nSPS) is 16.0. The standard InChI is InChI=1S/C27H33NO4/c1-6-15-32-25(31)19-9-7-18(8-10-19)24(30)28-16-20-11-12-22-23(21(20)17-29)27(4,5)14-13-26(22,2)3/h6-12,29H,1,13-17H2,2-5H3,(H,28,30). The number of nitrogens with one attached hydrogen (secondary N) is 1. The molecule has 170 valence electrons. The lowest BCUT2D eigenvalue weighted by atomic mass is 9.61. The van der Waals surface area contributed by atoms with E-state index >= 15 is 0 Å². The second-order valence-electron chi connectivity index (χ2n) is 9.70. The molecule has 3 rings (SSSR count). The average molecular weight is 436 g/mol. The smallest absolute Gasteiger partial charge is 0.338 e. The third-order valence-electron chi connectivity index (χ3n) is 6.50. The molecular weight excluding hydrogens is 402 g/mol. The van der Waals surface area contributed by atoms with Crippen molar-refractivity contribution in [2.75, 3.05) is 6.61 Å². The molecule has 1 amide bonds. The summed E-state index contributed by atoms with van der Waals surface area (Å²) in [5.41, 5.74) is 5.21. The Labute approximate surface area is 190 Å². The first-order valence-electron chi connectivity index (χ1n) is 11.0. The maximum Gasteiger partial charge on any atom is 0.338 e. The van der Waals surface area contributed by atoms with Crippen LogP contribution in [0.3, 0.4) is 0 Å². The van der Waals surface area contributed by atoms with Crippen LogP contribution in [0.5, 0.6) is 0 Å². The summed E-state index contributed by atoms with van der Waals surface area (Å²) < 4.78 is 5.00. The molecule has 1 aliphatic carbocycles. The van der Waals surface area contributed by atoms with Crippen LogP contribution in [0.15, 0.2) is 49.1 Å². The van der Waals surface area contributed by atoms with Crippen LogP contribution < -0.4 is 5.32 Å². The number of aliphatic hydroxyl groups excluding tert-OH is 1. The molecule has 0 atom stereocenters. The topological polar surface area (TPSA) is 75.6 Å². The van der Waals surface area contributed by atoms with Gasteiger partial charge < -0.3 is 15.2 Å². The maximum absolute atomic E-state index is 12.7. The van der Waals surface area contributed by atoms with Gasteiger partial charge in [0.25, 0.3) is 5.91 Å². The highest BCUT2D eigenvalue weighted by molar-refractivity contribution is 5.96. The molecule has 0 unspecified atom stereocenters. The molecule has 0 saturated carbocycles. The van der Waals surface area contributed by atoms with Crippen LogP contribution in [-0.2, 0) is 28.7 Å². The monoisotopic (exact) mass is 435 g/mol. The molecule has 0 bridgehead atoms. The number of hydrogen-bond donors (Lipinski definition) is 2. The Balaban J connectivity index is 1.78. The lowest BCUT2D eigenvalue weighted by Gasteiger charge is -2.43. The number of rotatable bonds is 7. The fraction of sp³-hybridized carbons (Fsp3) is 0.407. The Morgan fingerprint density at radius 3 is 2.28 bits per heavy atom. The molecular formula is C27H33NO4. The minimum Gasteiger partial charge on any atom is -0.458 e. The number of carbonyl (C=O) groups is 2. The summed E-state index contributed by atoms with van der Waals surface area (Å²) in [5, 5.41) is 13.2. The van der Waals surface area contributed by atoms with E-state index in [1.807, 2.05) is 6.07 Å². The summed E-state index contributed by atoms with van der Waals surface area (Å²) in [7, 11) is 0. The predicted octanol–water partition coefficient (Wildman–Crippen LogP) is 4.80. The summed E-state index contributed by atoms with van der Waals surface area (Å²) in [6.07, 6.45) is 3.66. The fourth-order valence-corrected chi connectivity index (χ4v) is 4.51. The summed E-state index contributed by atoms with van der Waals surface area (Å²) in [4.78, 5) is 24.6. The summed E-state index contributed by atoms with van der Waals surface area (Å²) >= 11 is 0. The zero-order valence-electron chi connectivity index (χ0n) is 19.5. The number of aliphatic hydroxyl groups is 1. The second kappa shape index (κ2) is 9.29. The molecule has 1 aliphatic rings. The Bertz CT molecular complexity index is 1020. The van der Waals surface area contributed by atoms with E-state index in [4.69, 9.17) is 4.74 Å². The average Bonchev–Trinajstić information content (AvgIpc) is 2.78. The number of esters is 1. The Morgan fingerprint density at radius 2 is 1.66 bits per heavy atom. The number of hydrogen-bond acceptors (Lipinski definition) is 4. The van der Waals surface area contributed by atoms with E-state index in [0.717, 1.165) is 24.0 Å². The van der Waals surface area contributed by atoms with E-state index in [1.54, 1.807) is 24.3 Å². The van der Waals surface area contributed by atoms with Gasteiger partial charge in [0.2, 0.25) is 0 Å². The number of ether oxygens (including phenoxy) is 1. The van der Waals surface area contributed by atoms with Gasteiger partial charge in [0.05, 0.1) is 12.2 Å². The predicted molar refractivity (Wildman–Crippen MR) is 126 cm³/mol. The molecule has 5 heteroatoms. The van der Waals surface area contributed by atoms with Crippen molar-refractivity contribution in [3.8, 4) is 0 Å². The molecule has 5 nitrogen and oxygen atoms in total. The van der Waals surface area contributed by atoms with Crippen LogP contribution in [0, 0.1) is 0 Å².